The van der Waals surface area contributed by atoms with Gasteiger partial charge in [0, 0.05) is 19.4 Å². The Morgan fingerprint density at radius 3 is 2.42 bits per heavy atom. The second-order valence-electron chi connectivity index (χ2n) is 3.24. The molecule has 1 aromatic rings. The van der Waals surface area contributed by atoms with Gasteiger partial charge in [-0.15, -0.1) is 0 Å². The normalized spacial score (nSPS) is 12.5. The number of hydrogen-bond donors (Lipinski definition) is 2. The van der Waals surface area contributed by atoms with Crippen molar-refractivity contribution in [2.45, 2.75) is 20.8 Å². The second kappa shape index (κ2) is 9.58. The van der Waals surface area contributed by atoms with Crippen LogP contribution in [-0.2, 0) is 0 Å². The molecule has 0 unspecified atom stereocenters. The topological polar surface area (TPSA) is 89.6 Å². The Bertz CT molecular complexity index is 478. The Balaban J connectivity index is 0. The highest BCUT2D eigenvalue weighted by molar-refractivity contribution is 6.40. The Kier molecular flexibility index (Phi) is 8.36. The molecule has 1 aromatic heterocycles. The van der Waals surface area contributed by atoms with Crippen LogP contribution in [0.5, 0.6) is 0 Å². The molecule has 0 aliphatic carbocycles. The van der Waals surface area contributed by atoms with Gasteiger partial charge in [0.25, 0.3) is 0 Å². The third-order valence-corrected chi connectivity index (χ3v) is 2.05. The van der Waals surface area contributed by atoms with Gasteiger partial charge in [-0.1, -0.05) is 26.5 Å². The first-order valence-corrected chi connectivity index (χ1v) is 6.01. The van der Waals surface area contributed by atoms with Crippen LogP contribution < -0.4 is 11.6 Å². The molecular formula is C14H23N5. The molecule has 4 N–H and O–H groups in total. The van der Waals surface area contributed by atoms with E-state index in [0.717, 1.165) is 11.3 Å². The Morgan fingerprint density at radius 1 is 1.37 bits per heavy atom. The van der Waals surface area contributed by atoms with E-state index in [9.17, 15) is 0 Å². The summed E-state index contributed by atoms with van der Waals surface area (Å²) in [6.45, 7) is 9.39. The van der Waals surface area contributed by atoms with Gasteiger partial charge in [-0.3, -0.25) is 4.98 Å². The molecule has 0 fully saturated rings. The molecule has 104 valence electrons. The number of aromatic nitrogens is 1. The van der Waals surface area contributed by atoms with Crippen molar-refractivity contribution in [3.05, 3.63) is 48.8 Å². The summed E-state index contributed by atoms with van der Waals surface area (Å²) in [5.74, 6) is 5.30. The second-order valence-corrected chi connectivity index (χ2v) is 3.24. The first-order chi connectivity index (χ1) is 9.19. The van der Waals surface area contributed by atoms with E-state index in [-0.39, 0.29) is 7.26 Å². The average molecular weight is 261 g/mol. The molecule has 5 nitrogen and oxygen atoms in total. The van der Waals surface area contributed by atoms with E-state index in [1.54, 1.807) is 31.5 Å². The van der Waals surface area contributed by atoms with Crippen molar-refractivity contribution in [1.82, 2.24) is 4.98 Å². The SMILES string of the molecule is C=C\C=C(/N=C(C)\C(N)=N\N)c1ccncc1.CC.[HH]. The summed E-state index contributed by atoms with van der Waals surface area (Å²) in [6, 6.07) is 3.70. The number of nitrogens with two attached hydrogens (primary N) is 2. The largest absolute Gasteiger partial charge is 0.381 e. The summed E-state index contributed by atoms with van der Waals surface area (Å²) >= 11 is 0. The van der Waals surface area contributed by atoms with Crippen LogP contribution in [0.2, 0.25) is 0 Å². The van der Waals surface area contributed by atoms with Gasteiger partial charge in [0.2, 0.25) is 0 Å². The van der Waals surface area contributed by atoms with Crippen molar-refractivity contribution in [1.29, 1.82) is 0 Å². The van der Waals surface area contributed by atoms with Crippen LogP contribution in [-0.4, -0.2) is 16.5 Å². The first-order valence-electron chi connectivity index (χ1n) is 6.01. The smallest absolute Gasteiger partial charge is 0.164 e. The van der Waals surface area contributed by atoms with E-state index >= 15 is 0 Å². The molecular weight excluding hydrogens is 238 g/mol. The zero-order chi connectivity index (χ0) is 14.7. The minimum Gasteiger partial charge on any atom is -0.381 e. The van der Waals surface area contributed by atoms with Gasteiger partial charge in [-0.25, -0.2) is 4.99 Å². The van der Waals surface area contributed by atoms with Crippen LogP contribution in [0.25, 0.3) is 5.70 Å². The number of aliphatic imine (C=N–C) groups is 1. The van der Waals surface area contributed by atoms with Crippen molar-refractivity contribution in [3.63, 3.8) is 0 Å². The fraction of sp³-hybridized carbons (Fsp3) is 0.214. The van der Waals surface area contributed by atoms with Crippen molar-refractivity contribution in [3.8, 4) is 0 Å². The Morgan fingerprint density at radius 2 is 1.95 bits per heavy atom. The van der Waals surface area contributed by atoms with E-state index in [1.165, 1.54) is 0 Å². The lowest BCUT2D eigenvalue weighted by atomic mass is 10.2. The van der Waals surface area contributed by atoms with E-state index < -0.39 is 0 Å². The molecule has 5 heteroatoms. The van der Waals surface area contributed by atoms with Gasteiger partial charge >= 0.3 is 0 Å². The Hall–Kier alpha value is -2.43. The molecule has 0 atom stereocenters. The molecule has 0 spiro atoms. The maximum Gasteiger partial charge on any atom is 0.164 e. The van der Waals surface area contributed by atoms with Crippen LogP contribution in [0, 0.1) is 0 Å². The summed E-state index contributed by atoms with van der Waals surface area (Å²) < 4.78 is 0. The molecule has 1 rings (SSSR count). The third kappa shape index (κ3) is 5.63. The van der Waals surface area contributed by atoms with Gasteiger partial charge in [0.15, 0.2) is 5.84 Å². The van der Waals surface area contributed by atoms with Crippen LogP contribution >= 0.6 is 0 Å². The summed E-state index contributed by atoms with van der Waals surface area (Å²) in [5.41, 5.74) is 7.77. The number of hydrogen-bond acceptors (Lipinski definition) is 4. The van der Waals surface area contributed by atoms with E-state index in [0.29, 0.717) is 5.71 Å². The zero-order valence-corrected chi connectivity index (χ0v) is 11.7. The highest BCUT2D eigenvalue weighted by Crippen LogP contribution is 2.15. The molecule has 0 saturated carbocycles. The predicted octanol–water partition coefficient (Wildman–Crippen LogP) is 2.57. The molecule has 0 aromatic carbocycles. The maximum absolute atomic E-state index is 5.57. The molecule has 0 amide bonds. The van der Waals surface area contributed by atoms with Gasteiger partial charge in [0.05, 0.1) is 11.4 Å². The van der Waals surface area contributed by atoms with Crippen LogP contribution in [0.4, 0.5) is 0 Å². The van der Waals surface area contributed by atoms with Crippen LogP contribution in [0.3, 0.4) is 0 Å². The quantitative estimate of drug-likeness (QED) is 0.287. The molecule has 1 heterocycles. The zero-order valence-electron chi connectivity index (χ0n) is 11.7. The summed E-state index contributed by atoms with van der Waals surface area (Å²) in [5, 5.41) is 3.39. The lowest BCUT2D eigenvalue weighted by Crippen LogP contribution is -2.22. The van der Waals surface area contributed by atoms with E-state index in [1.807, 2.05) is 26.0 Å². The first kappa shape index (κ1) is 16.6. The average Bonchev–Trinajstić information content (AvgIpc) is 2.48. The van der Waals surface area contributed by atoms with Crippen molar-refractivity contribution in [2.75, 3.05) is 0 Å². The fourth-order valence-electron chi connectivity index (χ4n) is 1.16. The summed E-state index contributed by atoms with van der Waals surface area (Å²) in [4.78, 5) is 8.30. The maximum atomic E-state index is 5.57. The standard InChI is InChI=1S/C12H15N5.C2H6.H2/c1-3-4-11(10-5-7-15-8-6-10)16-9(2)12(13)17-14;1-2;/h3-8H,1,14H2,2H3,(H2,13,17);1-2H3;1H/b11-4-,16-9-;;. The number of allylic oxidation sites excluding steroid dienone is 2. The molecule has 0 saturated heterocycles. The fourth-order valence-corrected chi connectivity index (χ4v) is 1.16. The highest BCUT2D eigenvalue weighted by atomic mass is 15.2. The highest BCUT2D eigenvalue weighted by Gasteiger charge is 2.02. The number of nitrogens with zero attached hydrogens (tertiary/aromatic N) is 3. The van der Waals surface area contributed by atoms with Crippen molar-refractivity contribution >= 4 is 17.2 Å². The van der Waals surface area contributed by atoms with Crippen molar-refractivity contribution < 1.29 is 1.43 Å². The van der Waals surface area contributed by atoms with Gasteiger partial charge in [-0.05, 0) is 25.1 Å². The third-order valence-electron chi connectivity index (χ3n) is 2.05. The lowest BCUT2D eigenvalue weighted by molar-refractivity contribution is 1.24. The molecule has 0 aliphatic heterocycles. The lowest BCUT2D eigenvalue weighted by Gasteiger charge is -2.03. The summed E-state index contributed by atoms with van der Waals surface area (Å²) in [7, 11) is 0. The summed E-state index contributed by atoms with van der Waals surface area (Å²) in [6.07, 6.45) is 6.82. The van der Waals surface area contributed by atoms with Crippen molar-refractivity contribution in [2.24, 2.45) is 21.7 Å². The minimum atomic E-state index is 0. The monoisotopic (exact) mass is 261 g/mol. The van der Waals surface area contributed by atoms with Crippen LogP contribution in [0.1, 0.15) is 27.8 Å². The minimum absolute atomic E-state index is 0. The van der Waals surface area contributed by atoms with Gasteiger partial charge in [0.1, 0.15) is 0 Å². The molecule has 0 bridgehead atoms. The van der Waals surface area contributed by atoms with E-state index in [4.69, 9.17) is 11.6 Å². The van der Waals surface area contributed by atoms with Crippen LogP contribution in [0.15, 0.2) is 53.4 Å². The number of hydrazone groups is 1. The molecule has 0 aliphatic rings. The van der Waals surface area contributed by atoms with Gasteiger partial charge in [-0.2, -0.15) is 5.10 Å². The molecule has 19 heavy (non-hydrogen) atoms. The Labute approximate surface area is 115 Å². The van der Waals surface area contributed by atoms with E-state index in [2.05, 4.69) is 21.7 Å². The van der Waals surface area contributed by atoms with Gasteiger partial charge < -0.3 is 11.6 Å². The molecule has 0 radical (unpaired) electrons. The number of rotatable bonds is 4. The number of amidine groups is 1. The number of pyridine rings is 1. The predicted molar refractivity (Wildman–Crippen MR) is 84.8 cm³/mol.